The molecule has 1 rings (SSSR count). The predicted molar refractivity (Wildman–Crippen MR) is 29.2 cm³/mol. The van der Waals surface area contributed by atoms with E-state index in [-0.39, 0.29) is 31.0 Å². The maximum atomic E-state index is 8.63. The summed E-state index contributed by atoms with van der Waals surface area (Å²) in [5.41, 5.74) is 0. The van der Waals surface area contributed by atoms with Gasteiger partial charge in [-0.2, -0.15) is 0 Å². The van der Waals surface area contributed by atoms with E-state index in [0.29, 0.717) is 5.75 Å². The Kier molecular flexibility index (Phi) is 3.97. The van der Waals surface area contributed by atoms with Crippen molar-refractivity contribution in [2.75, 3.05) is 0 Å². The topological polar surface area (TPSA) is 20.2 Å². The van der Waals surface area contributed by atoms with Crippen LogP contribution in [0.3, 0.4) is 0 Å². The molecule has 8 heavy (non-hydrogen) atoms. The minimum atomic E-state index is 0. The molecule has 1 nitrogen and oxygen atoms in total. The number of rotatable bonds is 0. The average molecular weight is 118 g/mol. The second kappa shape index (κ2) is 3.96. The second-order valence-electron chi connectivity index (χ2n) is 1.34. The summed E-state index contributed by atoms with van der Waals surface area (Å²) in [5.74, 6) is 0.322. The van der Waals surface area contributed by atoms with E-state index in [9.17, 15) is 0 Å². The molecule has 0 unspecified atom stereocenters. The van der Waals surface area contributed by atoms with E-state index >= 15 is 0 Å². The molecule has 0 spiro atoms. The van der Waals surface area contributed by atoms with E-state index in [1.54, 1.807) is 24.3 Å². The van der Waals surface area contributed by atoms with E-state index in [2.05, 4.69) is 0 Å². The summed E-state index contributed by atoms with van der Waals surface area (Å²) < 4.78 is 0. The molecule has 0 saturated carbocycles. The standard InChI is InChI=1S/C6H6O.Na.H/c7-6-4-2-1-3-5-6;;/h1-5,7H;;/q;+1;-1. The van der Waals surface area contributed by atoms with Crippen LogP contribution in [0.25, 0.3) is 0 Å². The number of hydrogen-bond donors (Lipinski definition) is 1. The van der Waals surface area contributed by atoms with Gasteiger partial charge in [0.2, 0.25) is 0 Å². The van der Waals surface area contributed by atoms with Crippen molar-refractivity contribution in [3.05, 3.63) is 30.3 Å². The molecule has 1 N–H and O–H groups in total. The molecule has 38 valence electrons. The number of para-hydroxylation sites is 1. The number of phenols is 1. The monoisotopic (exact) mass is 118 g/mol. The van der Waals surface area contributed by atoms with Crippen LogP contribution in [-0.2, 0) is 0 Å². The Morgan fingerprint density at radius 1 is 1.12 bits per heavy atom. The molecule has 0 saturated heterocycles. The maximum Gasteiger partial charge on any atom is 1.00 e. The van der Waals surface area contributed by atoms with E-state index < -0.39 is 0 Å². The Morgan fingerprint density at radius 2 is 1.62 bits per heavy atom. The number of phenolic OH excluding ortho intramolecular Hbond substituents is 1. The van der Waals surface area contributed by atoms with Gasteiger partial charge in [0.05, 0.1) is 0 Å². The van der Waals surface area contributed by atoms with Gasteiger partial charge in [0, 0.05) is 0 Å². The van der Waals surface area contributed by atoms with Gasteiger partial charge in [-0.1, -0.05) is 18.2 Å². The van der Waals surface area contributed by atoms with Gasteiger partial charge in [-0.15, -0.1) is 0 Å². The van der Waals surface area contributed by atoms with Gasteiger partial charge in [0.1, 0.15) is 5.75 Å². The summed E-state index contributed by atoms with van der Waals surface area (Å²) in [6.45, 7) is 0. The molecule has 0 atom stereocenters. The molecule has 1 aromatic rings. The molecule has 0 aliphatic rings. The number of benzene rings is 1. The molecular formula is C6H7NaO. The summed E-state index contributed by atoms with van der Waals surface area (Å²) in [5, 5.41) is 8.63. The zero-order valence-corrected chi connectivity index (χ0v) is 6.83. The Hall–Kier alpha value is 0.0200. The third-order valence-electron chi connectivity index (χ3n) is 0.756. The summed E-state index contributed by atoms with van der Waals surface area (Å²) in [7, 11) is 0. The van der Waals surface area contributed by atoms with E-state index in [1.807, 2.05) is 6.07 Å². The quantitative estimate of drug-likeness (QED) is 0.411. The van der Waals surface area contributed by atoms with Gasteiger partial charge in [0.15, 0.2) is 0 Å². The molecule has 0 fully saturated rings. The third-order valence-corrected chi connectivity index (χ3v) is 0.756. The molecule has 0 bridgehead atoms. The Bertz CT molecular complexity index is 143. The minimum Gasteiger partial charge on any atom is -1.00 e. The van der Waals surface area contributed by atoms with E-state index in [4.69, 9.17) is 5.11 Å². The van der Waals surface area contributed by atoms with Crippen LogP contribution in [0.1, 0.15) is 1.43 Å². The van der Waals surface area contributed by atoms with Crippen molar-refractivity contribution in [3.63, 3.8) is 0 Å². The van der Waals surface area contributed by atoms with Crippen molar-refractivity contribution in [3.8, 4) is 5.75 Å². The zero-order valence-electron chi connectivity index (χ0n) is 5.83. The first-order valence-corrected chi connectivity index (χ1v) is 2.13. The molecule has 1 aromatic carbocycles. The largest absolute Gasteiger partial charge is 1.00 e. The molecule has 0 heterocycles. The van der Waals surface area contributed by atoms with E-state index in [0.717, 1.165) is 0 Å². The Labute approximate surface area is 72.1 Å². The van der Waals surface area contributed by atoms with Gasteiger partial charge < -0.3 is 6.53 Å². The smallest absolute Gasteiger partial charge is 1.00 e. The number of aromatic hydroxyl groups is 1. The van der Waals surface area contributed by atoms with Gasteiger partial charge >= 0.3 is 29.6 Å². The Balaban J connectivity index is 0. The third kappa shape index (κ3) is 2.36. The molecule has 0 aromatic heterocycles. The van der Waals surface area contributed by atoms with Crippen molar-refractivity contribution in [1.29, 1.82) is 0 Å². The zero-order chi connectivity index (χ0) is 5.11. The molecule has 0 radical (unpaired) electrons. The molecule has 0 aliphatic heterocycles. The molecule has 0 aliphatic carbocycles. The summed E-state index contributed by atoms with van der Waals surface area (Å²) >= 11 is 0. The van der Waals surface area contributed by atoms with Gasteiger partial charge in [-0.25, -0.2) is 0 Å². The van der Waals surface area contributed by atoms with Gasteiger partial charge in [0.25, 0.3) is 0 Å². The van der Waals surface area contributed by atoms with Crippen LogP contribution in [0.2, 0.25) is 0 Å². The van der Waals surface area contributed by atoms with Gasteiger partial charge in [-0.3, -0.25) is 0 Å². The van der Waals surface area contributed by atoms with E-state index in [1.165, 1.54) is 0 Å². The van der Waals surface area contributed by atoms with Crippen LogP contribution >= 0.6 is 0 Å². The fourth-order valence-electron chi connectivity index (χ4n) is 0.428. The minimum absolute atomic E-state index is 0. The van der Waals surface area contributed by atoms with Crippen LogP contribution in [-0.4, -0.2) is 5.11 Å². The van der Waals surface area contributed by atoms with Crippen LogP contribution in [0.15, 0.2) is 30.3 Å². The first kappa shape index (κ1) is 8.02. The van der Waals surface area contributed by atoms with Crippen molar-refractivity contribution in [2.45, 2.75) is 0 Å². The fraction of sp³-hybridized carbons (Fsp3) is 0. The van der Waals surface area contributed by atoms with Crippen molar-refractivity contribution < 1.29 is 36.1 Å². The van der Waals surface area contributed by atoms with Crippen LogP contribution < -0.4 is 29.6 Å². The maximum absolute atomic E-state index is 8.63. The summed E-state index contributed by atoms with van der Waals surface area (Å²) in [4.78, 5) is 0. The summed E-state index contributed by atoms with van der Waals surface area (Å²) in [6, 6.07) is 8.71. The first-order chi connectivity index (χ1) is 3.39. The SMILES string of the molecule is Oc1ccccc1.[H-].[Na+]. The predicted octanol–water partition coefficient (Wildman–Crippen LogP) is -1.49. The van der Waals surface area contributed by atoms with Crippen molar-refractivity contribution >= 4 is 0 Å². The van der Waals surface area contributed by atoms with Gasteiger partial charge in [-0.05, 0) is 12.1 Å². The molecular weight excluding hydrogens is 111 g/mol. The van der Waals surface area contributed by atoms with Crippen molar-refractivity contribution in [2.24, 2.45) is 0 Å². The normalized spacial score (nSPS) is 7.50. The van der Waals surface area contributed by atoms with Crippen molar-refractivity contribution in [1.82, 2.24) is 0 Å². The first-order valence-electron chi connectivity index (χ1n) is 2.13. The average Bonchev–Trinajstić information content (AvgIpc) is 1.69. The number of hydrogen-bond acceptors (Lipinski definition) is 1. The van der Waals surface area contributed by atoms with Crippen LogP contribution in [0.4, 0.5) is 0 Å². The second-order valence-corrected chi connectivity index (χ2v) is 1.34. The fourth-order valence-corrected chi connectivity index (χ4v) is 0.428. The Morgan fingerprint density at radius 3 is 1.88 bits per heavy atom. The van der Waals surface area contributed by atoms with Crippen LogP contribution in [0, 0.1) is 0 Å². The molecule has 2 heteroatoms. The van der Waals surface area contributed by atoms with Crippen LogP contribution in [0.5, 0.6) is 5.75 Å². The molecule has 0 amide bonds. The summed E-state index contributed by atoms with van der Waals surface area (Å²) in [6.07, 6.45) is 0.